The molecule has 86 valence electrons. The van der Waals surface area contributed by atoms with E-state index in [1.165, 1.54) is 0 Å². The van der Waals surface area contributed by atoms with Gasteiger partial charge in [-0.15, -0.1) is 24.8 Å². The topological polar surface area (TPSA) is 74.6 Å². The Morgan fingerprint density at radius 1 is 1.00 bits per heavy atom. The van der Waals surface area contributed by atoms with E-state index >= 15 is 0 Å². The first-order valence-corrected chi connectivity index (χ1v) is 3.52. The van der Waals surface area contributed by atoms with Gasteiger partial charge in [-0.05, 0) is 12.1 Å². The summed E-state index contributed by atoms with van der Waals surface area (Å²) in [6.07, 6.45) is 0. The van der Waals surface area contributed by atoms with Crippen LogP contribution in [0.4, 0.5) is 0 Å². The summed E-state index contributed by atoms with van der Waals surface area (Å²) in [5.41, 5.74) is 0.331. The first-order chi connectivity index (χ1) is 6.04. The number of hydrogen-bond acceptors (Lipinski definition) is 2. The summed E-state index contributed by atoms with van der Waals surface area (Å²) in [5, 5.41) is 15.8. The molecule has 0 saturated heterocycles. The van der Waals surface area contributed by atoms with Gasteiger partial charge in [0.05, 0.1) is 5.56 Å². The molecule has 0 unspecified atom stereocenters. The Hall–Kier alpha value is -1.26. The first kappa shape index (κ1) is 19.3. The van der Waals surface area contributed by atoms with Crippen LogP contribution in [0.2, 0.25) is 0 Å². The van der Waals surface area contributed by atoms with Crippen molar-refractivity contribution in [3.8, 4) is 0 Å². The molecule has 1 aromatic rings. The van der Waals surface area contributed by atoms with E-state index in [0.29, 0.717) is 5.56 Å². The Morgan fingerprint density at radius 3 is 1.53 bits per heavy atom. The van der Waals surface area contributed by atoms with E-state index in [-0.39, 0.29) is 24.8 Å². The molecule has 0 aliphatic rings. The maximum Gasteiger partial charge on any atom is 0.335 e. The van der Waals surface area contributed by atoms with Crippen molar-refractivity contribution in [2.75, 3.05) is 0 Å². The molecule has 1 aromatic carbocycles. The highest BCUT2D eigenvalue weighted by Gasteiger charge is 1.96. The summed E-state index contributed by atoms with van der Waals surface area (Å²) in [7, 11) is 0. The predicted molar refractivity (Wildman–Crippen MR) is 61.2 cm³/mol. The van der Waals surface area contributed by atoms with E-state index in [1.54, 1.807) is 30.3 Å². The summed E-state index contributed by atoms with van der Waals surface area (Å²) < 4.78 is 0. The van der Waals surface area contributed by atoms with Crippen LogP contribution in [0.5, 0.6) is 0 Å². The van der Waals surface area contributed by atoms with Gasteiger partial charge in [0.15, 0.2) is 0 Å². The van der Waals surface area contributed by atoms with Crippen molar-refractivity contribution in [1.29, 1.82) is 0 Å². The third-order valence-corrected chi connectivity index (χ3v) is 1.02. The van der Waals surface area contributed by atoms with Crippen molar-refractivity contribution in [3.05, 3.63) is 35.9 Å². The van der Waals surface area contributed by atoms with Gasteiger partial charge in [-0.1, -0.05) is 18.2 Å². The fourth-order valence-corrected chi connectivity index (χ4v) is 0.581. The van der Waals surface area contributed by atoms with Crippen LogP contribution in [-0.2, 0) is 4.79 Å². The van der Waals surface area contributed by atoms with Crippen molar-refractivity contribution in [3.63, 3.8) is 0 Å². The Balaban J connectivity index is -0.000000213. The number of hydrogen-bond donors (Lipinski definition) is 2. The molecule has 0 bridgehead atoms. The van der Waals surface area contributed by atoms with E-state index in [0.717, 1.165) is 6.92 Å². The van der Waals surface area contributed by atoms with Crippen molar-refractivity contribution < 1.29 is 19.8 Å². The van der Waals surface area contributed by atoms with E-state index in [2.05, 4.69) is 0 Å². The lowest BCUT2D eigenvalue weighted by Gasteiger charge is -1.88. The Kier molecular flexibility index (Phi) is 13.9. The second kappa shape index (κ2) is 10.8. The number of carboxylic acids is 2. The van der Waals surface area contributed by atoms with Crippen LogP contribution in [0.25, 0.3) is 0 Å². The maximum absolute atomic E-state index is 10.2. The number of benzene rings is 1. The quantitative estimate of drug-likeness (QED) is 0.807. The van der Waals surface area contributed by atoms with E-state index < -0.39 is 11.9 Å². The number of halogens is 2. The van der Waals surface area contributed by atoms with Crippen molar-refractivity contribution in [1.82, 2.24) is 0 Å². The summed E-state index contributed by atoms with van der Waals surface area (Å²) >= 11 is 0. The molecule has 0 fully saturated rings. The van der Waals surface area contributed by atoms with E-state index in [1.807, 2.05) is 0 Å². The third-order valence-electron chi connectivity index (χ3n) is 1.02. The Morgan fingerprint density at radius 2 is 1.33 bits per heavy atom. The SMILES string of the molecule is CC(=O)O.Cl.Cl.O=C(O)c1ccccc1. The molecule has 0 aliphatic heterocycles. The normalized spacial score (nSPS) is 7.00. The minimum absolute atomic E-state index is 0. The van der Waals surface area contributed by atoms with Gasteiger partial charge in [0, 0.05) is 6.92 Å². The summed E-state index contributed by atoms with van der Waals surface area (Å²) in [5.74, 6) is -1.71. The molecule has 0 atom stereocenters. The average Bonchev–Trinajstić information content (AvgIpc) is 2.05. The van der Waals surface area contributed by atoms with Gasteiger partial charge in [0.1, 0.15) is 0 Å². The zero-order valence-electron chi connectivity index (χ0n) is 7.91. The molecular formula is C9H12Cl2O4. The zero-order chi connectivity index (χ0) is 10.3. The third kappa shape index (κ3) is 12.7. The smallest absolute Gasteiger partial charge is 0.335 e. The van der Waals surface area contributed by atoms with E-state index in [4.69, 9.17) is 15.0 Å². The summed E-state index contributed by atoms with van der Waals surface area (Å²) in [4.78, 5) is 19.2. The zero-order valence-corrected chi connectivity index (χ0v) is 9.55. The standard InChI is InChI=1S/C7H6O2.C2H4O2.2ClH/c8-7(9)6-4-2-1-3-5-6;1-2(3)4;;/h1-5H,(H,8,9);1H3,(H,3,4);2*1H. The number of aromatic carboxylic acids is 1. The minimum atomic E-state index is -0.879. The van der Waals surface area contributed by atoms with Crippen molar-refractivity contribution in [2.45, 2.75) is 6.92 Å². The maximum atomic E-state index is 10.2. The molecule has 0 aliphatic carbocycles. The van der Waals surface area contributed by atoms with Crippen LogP contribution in [0.3, 0.4) is 0 Å². The fraction of sp³-hybridized carbons (Fsp3) is 0.111. The van der Waals surface area contributed by atoms with Gasteiger partial charge >= 0.3 is 5.97 Å². The van der Waals surface area contributed by atoms with Crippen LogP contribution in [0, 0.1) is 0 Å². The van der Waals surface area contributed by atoms with Gasteiger partial charge in [0.2, 0.25) is 0 Å². The second-order valence-electron chi connectivity index (χ2n) is 2.19. The van der Waals surface area contributed by atoms with E-state index in [9.17, 15) is 4.79 Å². The molecule has 1 rings (SSSR count). The molecule has 0 aromatic heterocycles. The number of carboxylic acid groups (broad SMARTS) is 2. The van der Waals surface area contributed by atoms with Gasteiger partial charge in [-0.2, -0.15) is 0 Å². The number of aliphatic carboxylic acids is 1. The molecule has 15 heavy (non-hydrogen) atoms. The molecule has 6 heteroatoms. The molecule has 0 spiro atoms. The lowest BCUT2D eigenvalue weighted by Crippen LogP contribution is -1.93. The number of carbonyl (C=O) groups is 2. The minimum Gasteiger partial charge on any atom is -0.481 e. The van der Waals surface area contributed by atoms with Crippen molar-refractivity contribution in [2.24, 2.45) is 0 Å². The fourth-order valence-electron chi connectivity index (χ4n) is 0.581. The average molecular weight is 255 g/mol. The molecule has 4 nitrogen and oxygen atoms in total. The van der Waals surface area contributed by atoms with Crippen LogP contribution < -0.4 is 0 Å². The molecular weight excluding hydrogens is 243 g/mol. The second-order valence-corrected chi connectivity index (χ2v) is 2.19. The highest BCUT2D eigenvalue weighted by molar-refractivity contribution is 5.87. The van der Waals surface area contributed by atoms with Gasteiger partial charge < -0.3 is 10.2 Å². The highest BCUT2D eigenvalue weighted by Crippen LogP contribution is 1.96. The molecule has 0 heterocycles. The molecule has 0 amide bonds. The van der Waals surface area contributed by atoms with Crippen LogP contribution in [0.15, 0.2) is 30.3 Å². The van der Waals surface area contributed by atoms with Crippen molar-refractivity contribution >= 4 is 36.8 Å². The highest BCUT2D eigenvalue weighted by atomic mass is 35.5. The number of rotatable bonds is 1. The molecule has 2 N–H and O–H groups in total. The molecule has 0 radical (unpaired) electrons. The lowest BCUT2D eigenvalue weighted by molar-refractivity contribution is -0.134. The lowest BCUT2D eigenvalue weighted by atomic mass is 10.2. The monoisotopic (exact) mass is 254 g/mol. The van der Waals surface area contributed by atoms with Gasteiger partial charge in [-0.3, -0.25) is 4.79 Å². The Bertz CT molecular complexity index is 283. The first-order valence-electron chi connectivity index (χ1n) is 3.52. The predicted octanol–water partition coefficient (Wildman–Crippen LogP) is 2.32. The summed E-state index contributed by atoms with van der Waals surface area (Å²) in [6, 6.07) is 8.30. The largest absolute Gasteiger partial charge is 0.481 e. The van der Waals surface area contributed by atoms with Gasteiger partial charge in [-0.25, -0.2) is 4.79 Å². The van der Waals surface area contributed by atoms with Crippen LogP contribution in [0.1, 0.15) is 17.3 Å². The Labute approximate surface area is 99.7 Å². The van der Waals surface area contributed by atoms with Crippen LogP contribution >= 0.6 is 24.8 Å². The van der Waals surface area contributed by atoms with Gasteiger partial charge in [0.25, 0.3) is 5.97 Å². The van der Waals surface area contributed by atoms with Crippen LogP contribution in [-0.4, -0.2) is 22.2 Å². The summed E-state index contributed by atoms with van der Waals surface area (Å²) in [6.45, 7) is 1.08. The molecule has 0 saturated carbocycles.